The first-order valence-electron chi connectivity index (χ1n) is 5.44. The number of carbonyl (C=O) groups is 1. The molecular formula is C11H11N3O3. The van der Waals surface area contributed by atoms with Crippen LogP contribution in [-0.2, 0) is 4.74 Å². The van der Waals surface area contributed by atoms with Gasteiger partial charge in [-0.2, -0.15) is 0 Å². The van der Waals surface area contributed by atoms with E-state index in [0.29, 0.717) is 29.8 Å². The maximum Gasteiger partial charge on any atom is 0.251 e. The van der Waals surface area contributed by atoms with Crippen LogP contribution in [0.2, 0.25) is 0 Å². The second kappa shape index (κ2) is 4.14. The molecule has 0 radical (unpaired) electrons. The average molecular weight is 233 g/mol. The van der Waals surface area contributed by atoms with Crippen LogP contribution in [0.5, 0.6) is 0 Å². The van der Waals surface area contributed by atoms with Gasteiger partial charge in [-0.15, -0.1) is 0 Å². The molecule has 0 saturated carbocycles. The highest BCUT2D eigenvalue weighted by Gasteiger charge is 2.18. The Balaban J connectivity index is 1.79. The first-order chi connectivity index (χ1) is 8.33. The fourth-order valence-electron chi connectivity index (χ4n) is 1.84. The Bertz CT molecular complexity index is 546. The minimum Gasteiger partial charge on any atom is -0.379 e. The zero-order chi connectivity index (χ0) is 11.7. The number of rotatable bonds is 2. The Morgan fingerprint density at radius 3 is 3.06 bits per heavy atom. The average Bonchev–Trinajstić information content (AvgIpc) is 2.97. The first-order valence-corrected chi connectivity index (χ1v) is 5.44. The van der Waals surface area contributed by atoms with Crippen molar-refractivity contribution in [3.8, 4) is 0 Å². The molecule has 2 heterocycles. The van der Waals surface area contributed by atoms with Crippen molar-refractivity contribution in [2.45, 2.75) is 12.5 Å². The molecule has 1 aliphatic heterocycles. The molecule has 1 N–H and O–H groups in total. The molecule has 3 rings (SSSR count). The minimum absolute atomic E-state index is 0.105. The lowest BCUT2D eigenvalue weighted by atomic mass is 10.1. The van der Waals surface area contributed by atoms with Crippen molar-refractivity contribution in [1.29, 1.82) is 0 Å². The van der Waals surface area contributed by atoms with Crippen molar-refractivity contribution in [3.63, 3.8) is 0 Å². The van der Waals surface area contributed by atoms with Gasteiger partial charge in [-0.3, -0.25) is 4.79 Å². The number of hydrogen-bond donors (Lipinski definition) is 1. The second-order valence-corrected chi connectivity index (χ2v) is 4.00. The Hall–Kier alpha value is -1.95. The van der Waals surface area contributed by atoms with Gasteiger partial charge >= 0.3 is 0 Å². The standard InChI is InChI=1S/C11H11N3O3/c15-11(12-8-3-4-16-6-8)7-1-2-9-10(5-7)14-17-13-9/h1-2,5,8H,3-4,6H2,(H,12,15). The molecule has 1 saturated heterocycles. The molecule has 1 aliphatic rings. The van der Waals surface area contributed by atoms with E-state index in [-0.39, 0.29) is 11.9 Å². The molecule has 0 spiro atoms. The van der Waals surface area contributed by atoms with Crippen molar-refractivity contribution in [3.05, 3.63) is 23.8 Å². The molecule has 17 heavy (non-hydrogen) atoms. The van der Waals surface area contributed by atoms with Gasteiger partial charge < -0.3 is 10.1 Å². The van der Waals surface area contributed by atoms with E-state index in [9.17, 15) is 4.79 Å². The monoisotopic (exact) mass is 233 g/mol. The molecule has 0 aliphatic carbocycles. The van der Waals surface area contributed by atoms with Gasteiger partial charge in [0.1, 0.15) is 11.0 Å². The summed E-state index contributed by atoms with van der Waals surface area (Å²) in [5, 5.41) is 10.3. The number of benzene rings is 1. The molecule has 1 amide bonds. The lowest BCUT2D eigenvalue weighted by molar-refractivity contribution is 0.0930. The Labute approximate surface area is 96.9 Å². The lowest BCUT2D eigenvalue weighted by Crippen LogP contribution is -2.34. The van der Waals surface area contributed by atoms with Crippen LogP contribution in [0.1, 0.15) is 16.8 Å². The highest BCUT2D eigenvalue weighted by Crippen LogP contribution is 2.12. The molecule has 1 unspecified atom stereocenters. The number of nitrogens with one attached hydrogen (secondary N) is 1. The van der Waals surface area contributed by atoms with Crippen LogP contribution in [0.3, 0.4) is 0 Å². The van der Waals surface area contributed by atoms with Crippen molar-refractivity contribution in [1.82, 2.24) is 15.6 Å². The first kappa shape index (κ1) is 10.2. The predicted octanol–water partition coefficient (Wildman–Crippen LogP) is 0.741. The quantitative estimate of drug-likeness (QED) is 0.827. The third kappa shape index (κ3) is 1.99. The van der Waals surface area contributed by atoms with Crippen LogP contribution < -0.4 is 5.32 Å². The summed E-state index contributed by atoms with van der Waals surface area (Å²) < 4.78 is 9.78. The van der Waals surface area contributed by atoms with E-state index >= 15 is 0 Å². The molecular weight excluding hydrogens is 222 g/mol. The SMILES string of the molecule is O=C(NC1CCOC1)c1ccc2nonc2c1. The third-order valence-corrected chi connectivity index (χ3v) is 2.78. The van der Waals surface area contributed by atoms with Gasteiger partial charge in [0.2, 0.25) is 0 Å². The summed E-state index contributed by atoms with van der Waals surface area (Å²) in [6, 6.07) is 5.19. The van der Waals surface area contributed by atoms with Gasteiger partial charge in [-0.25, -0.2) is 4.63 Å². The number of fused-ring (bicyclic) bond motifs is 1. The maximum atomic E-state index is 11.9. The van der Waals surface area contributed by atoms with Crippen LogP contribution in [-0.4, -0.2) is 35.5 Å². The summed E-state index contributed by atoms with van der Waals surface area (Å²) >= 11 is 0. The zero-order valence-electron chi connectivity index (χ0n) is 9.05. The molecule has 1 aromatic carbocycles. The molecule has 6 nitrogen and oxygen atoms in total. The molecule has 88 valence electrons. The van der Waals surface area contributed by atoms with E-state index in [4.69, 9.17) is 4.74 Å². The van der Waals surface area contributed by atoms with Crippen molar-refractivity contribution >= 4 is 16.9 Å². The van der Waals surface area contributed by atoms with E-state index < -0.39 is 0 Å². The topological polar surface area (TPSA) is 77.2 Å². The van der Waals surface area contributed by atoms with Gasteiger partial charge in [-0.05, 0) is 34.9 Å². The summed E-state index contributed by atoms with van der Waals surface area (Å²) in [6.07, 6.45) is 0.861. The predicted molar refractivity (Wildman–Crippen MR) is 58.5 cm³/mol. The fraction of sp³-hybridized carbons (Fsp3) is 0.364. The van der Waals surface area contributed by atoms with Gasteiger partial charge in [0.05, 0.1) is 12.6 Å². The molecule has 6 heteroatoms. The van der Waals surface area contributed by atoms with Crippen LogP contribution in [0.25, 0.3) is 11.0 Å². The van der Waals surface area contributed by atoms with E-state index in [1.807, 2.05) is 0 Å². The Morgan fingerprint density at radius 2 is 2.24 bits per heavy atom. The summed E-state index contributed by atoms with van der Waals surface area (Å²) in [4.78, 5) is 11.9. The van der Waals surface area contributed by atoms with Gasteiger partial charge in [0, 0.05) is 12.2 Å². The Morgan fingerprint density at radius 1 is 1.35 bits per heavy atom. The van der Waals surface area contributed by atoms with Crippen LogP contribution in [0.4, 0.5) is 0 Å². The van der Waals surface area contributed by atoms with Gasteiger partial charge in [0.25, 0.3) is 5.91 Å². The lowest BCUT2D eigenvalue weighted by Gasteiger charge is -2.10. The largest absolute Gasteiger partial charge is 0.379 e. The number of ether oxygens (including phenoxy) is 1. The number of nitrogens with zero attached hydrogens (tertiary/aromatic N) is 2. The van der Waals surface area contributed by atoms with Crippen molar-refractivity contribution in [2.24, 2.45) is 0 Å². The summed E-state index contributed by atoms with van der Waals surface area (Å²) in [7, 11) is 0. The van der Waals surface area contributed by atoms with E-state index in [2.05, 4.69) is 20.3 Å². The summed E-state index contributed by atoms with van der Waals surface area (Å²) in [6.45, 7) is 1.29. The normalized spacial score (nSPS) is 19.6. The highest BCUT2D eigenvalue weighted by atomic mass is 16.6. The summed E-state index contributed by atoms with van der Waals surface area (Å²) in [5.74, 6) is -0.120. The number of amides is 1. The third-order valence-electron chi connectivity index (χ3n) is 2.78. The summed E-state index contributed by atoms with van der Waals surface area (Å²) in [5.41, 5.74) is 1.78. The van der Waals surface area contributed by atoms with Crippen molar-refractivity contribution < 1.29 is 14.2 Å². The molecule has 0 bridgehead atoms. The number of carbonyl (C=O) groups excluding carboxylic acids is 1. The smallest absolute Gasteiger partial charge is 0.251 e. The Kier molecular flexibility index (Phi) is 2.49. The molecule has 1 atom stereocenters. The number of hydrogen-bond acceptors (Lipinski definition) is 5. The second-order valence-electron chi connectivity index (χ2n) is 4.00. The number of aromatic nitrogens is 2. The van der Waals surface area contributed by atoms with E-state index in [0.717, 1.165) is 6.42 Å². The molecule has 1 aromatic heterocycles. The molecule has 1 fully saturated rings. The van der Waals surface area contributed by atoms with Gasteiger partial charge in [0.15, 0.2) is 0 Å². The van der Waals surface area contributed by atoms with Crippen LogP contribution in [0, 0.1) is 0 Å². The minimum atomic E-state index is -0.120. The molecule has 2 aromatic rings. The van der Waals surface area contributed by atoms with E-state index in [1.165, 1.54) is 0 Å². The van der Waals surface area contributed by atoms with Crippen LogP contribution in [0.15, 0.2) is 22.8 Å². The zero-order valence-corrected chi connectivity index (χ0v) is 9.05. The van der Waals surface area contributed by atoms with Crippen molar-refractivity contribution in [2.75, 3.05) is 13.2 Å². The van der Waals surface area contributed by atoms with E-state index in [1.54, 1.807) is 18.2 Å². The van der Waals surface area contributed by atoms with Crippen LogP contribution >= 0.6 is 0 Å². The maximum absolute atomic E-state index is 11.9. The highest BCUT2D eigenvalue weighted by molar-refractivity contribution is 5.97. The van der Waals surface area contributed by atoms with Gasteiger partial charge in [-0.1, -0.05) is 0 Å². The fourth-order valence-corrected chi connectivity index (χ4v) is 1.84.